The number of aromatic amines is 2. The highest BCUT2D eigenvalue weighted by Gasteiger charge is 2.35. The zero-order valence-electron chi connectivity index (χ0n) is 21.0. The first kappa shape index (κ1) is 23.6. The summed E-state index contributed by atoms with van der Waals surface area (Å²) in [7, 11) is 0. The van der Waals surface area contributed by atoms with Crippen LogP contribution in [0.5, 0.6) is 0 Å². The molecule has 8 nitrogen and oxygen atoms in total. The molecule has 2 saturated heterocycles. The summed E-state index contributed by atoms with van der Waals surface area (Å²) >= 11 is 0. The summed E-state index contributed by atoms with van der Waals surface area (Å²) in [6.45, 7) is 11.7. The molecule has 2 aromatic heterocycles. The Bertz CT molecular complexity index is 1160. The van der Waals surface area contributed by atoms with Crippen LogP contribution in [-0.2, 0) is 4.74 Å². The molecule has 185 valence electrons. The molecule has 2 aliphatic rings. The van der Waals surface area contributed by atoms with Crippen LogP contribution in [0.4, 0.5) is 4.79 Å². The Morgan fingerprint density at radius 3 is 2.06 bits per heavy atom. The van der Waals surface area contributed by atoms with E-state index in [0.717, 1.165) is 60.0 Å². The summed E-state index contributed by atoms with van der Waals surface area (Å²) in [5.41, 5.74) is 3.60. The highest BCUT2D eigenvalue weighted by Crippen LogP contribution is 2.34. The van der Waals surface area contributed by atoms with Gasteiger partial charge in [0, 0.05) is 13.1 Å². The Kier molecular flexibility index (Phi) is 6.40. The van der Waals surface area contributed by atoms with Gasteiger partial charge in [-0.05, 0) is 71.0 Å². The van der Waals surface area contributed by atoms with E-state index < -0.39 is 5.60 Å². The van der Waals surface area contributed by atoms with Crippen molar-refractivity contribution in [2.45, 2.75) is 71.1 Å². The van der Waals surface area contributed by atoms with Gasteiger partial charge in [-0.15, -0.1) is 0 Å². The molecule has 1 radical (unpaired) electrons. The van der Waals surface area contributed by atoms with Gasteiger partial charge in [0.05, 0.1) is 35.9 Å². The van der Waals surface area contributed by atoms with E-state index in [1.807, 2.05) is 33.2 Å². The smallest absolute Gasteiger partial charge is 0.410 e. The van der Waals surface area contributed by atoms with E-state index >= 15 is 0 Å². The molecule has 2 unspecified atom stereocenters. The number of hydrogen-bond acceptors (Lipinski definition) is 5. The molecule has 0 spiro atoms. The number of carbonyl (C=O) groups is 1. The SMILES string of the molecule is C[CH]N1CCCC1c1ncc(-c2ccc(-c3cnc(C4CCCN4C(=O)OC(C)(C)C)[nH]3)cc2)[nH]1. The topological polar surface area (TPSA) is 90.1 Å². The molecule has 8 heteroatoms. The first-order valence-electron chi connectivity index (χ1n) is 12.6. The van der Waals surface area contributed by atoms with Crippen molar-refractivity contribution >= 4 is 6.09 Å². The van der Waals surface area contributed by atoms with Crippen LogP contribution in [0, 0.1) is 6.54 Å². The van der Waals surface area contributed by atoms with Crippen molar-refractivity contribution < 1.29 is 9.53 Å². The van der Waals surface area contributed by atoms with Crippen molar-refractivity contribution in [1.29, 1.82) is 0 Å². The van der Waals surface area contributed by atoms with Gasteiger partial charge in [-0.1, -0.05) is 24.3 Å². The summed E-state index contributed by atoms with van der Waals surface area (Å²) in [4.78, 5) is 33.1. The van der Waals surface area contributed by atoms with Gasteiger partial charge in [-0.2, -0.15) is 0 Å². The molecule has 35 heavy (non-hydrogen) atoms. The maximum Gasteiger partial charge on any atom is 0.410 e. The summed E-state index contributed by atoms with van der Waals surface area (Å²) in [6.07, 6.45) is 7.64. The first-order valence-corrected chi connectivity index (χ1v) is 12.6. The van der Waals surface area contributed by atoms with Crippen molar-refractivity contribution in [2.24, 2.45) is 0 Å². The second kappa shape index (κ2) is 9.49. The third-order valence-corrected chi connectivity index (χ3v) is 6.84. The number of ether oxygens (including phenoxy) is 1. The third kappa shape index (κ3) is 4.98. The largest absolute Gasteiger partial charge is 0.444 e. The number of nitrogens with zero attached hydrogens (tertiary/aromatic N) is 4. The van der Waals surface area contributed by atoms with Gasteiger partial charge in [-0.3, -0.25) is 9.80 Å². The van der Waals surface area contributed by atoms with Crippen molar-refractivity contribution in [3.05, 3.63) is 54.9 Å². The second-order valence-electron chi connectivity index (χ2n) is 10.4. The molecule has 0 saturated carbocycles. The number of hydrogen-bond donors (Lipinski definition) is 2. The molecule has 5 rings (SSSR count). The molecular formula is C27H35N6O2. The van der Waals surface area contributed by atoms with E-state index in [2.05, 4.69) is 62.6 Å². The van der Waals surface area contributed by atoms with E-state index in [1.165, 1.54) is 6.42 Å². The van der Waals surface area contributed by atoms with Crippen molar-refractivity contribution in [3.63, 3.8) is 0 Å². The molecule has 3 aromatic rings. The van der Waals surface area contributed by atoms with E-state index in [1.54, 1.807) is 4.90 Å². The summed E-state index contributed by atoms with van der Waals surface area (Å²) in [6, 6.07) is 8.65. The quantitative estimate of drug-likeness (QED) is 0.483. The molecule has 1 aromatic carbocycles. The lowest BCUT2D eigenvalue weighted by atomic mass is 10.1. The average Bonchev–Trinajstić information content (AvgIpc) is 3.62. The van der Waals surface area contributed by atoms with Crippen LogP contribution in [-0.4, -0.2) is 54.5 Å². The van der Waals surface area contributed by atoms with Crippen LogP contribution in [0.15, 0.2) is 36.7 Å². The van der Waals surface area contributed by atoms with E-state index in [-0.39, 0.29) is 12.1 Å². The zero-order valence-corrected chi connectivity index (χ0v) is 21.0. The average molecular weight is 476 g/mol. The first-order chi connectivity index (χ1) is 16.8. The van der Waals surface area contributed by atoms with Gasteiger partial charge >= 0.3 is 6.09 Å². The molecule has 0 bridgehead atoms. The maximum absolute atomic E-state index is 12.7. The monoisotopic (exact) mass is 475 g/mol. The Labute approximate surface area is 207 Å². The maximum atomic E-state index is 12.7. The number of aromatic nitrogens is 4. The minimum absolute atomic E-state index is 0.0863. The minimum atomic E-state index is -0.513. The van der Waals surface area contributed by atoms with Crippen LogP contribution in [0.25, 0.3) is 22.5 Å². The lowest BCUT2D eigenvalue weighted by Gasteiger charge is -2.27. The van der Waals surface area contributed by atoms with Gasteiger partial charge in [0.15, 0.2) is 0 Å². The minimum Gasteiger partial charge on any atom is -0.444 e. The zero-order chi connectivity index (χ0) is 24.6. The highest BCUT2D eigenvalue weighted by atomic mass is 16.6. The van der Waals surface area contributed by atoms with E-state index in [9.17, 15) is 4.79 Å². The van der Waals surface area contributed by atoms with Crippen LogP contribution in [0.3, 0.4) is 0 Å². The van der Waals surface area contributed by atoms with Crippen molar-refractivity contribution in [3.8, 4) is 22.5 Å². The number of H-pyrrole nitrogens is 2. The normalized spacial score (nSPS) is 21.1. The summed E-state index contributed by atoms with van der Waals surface area (Å²) < 4.78 is 5.60. The number of imidazole rings is 2. The van der Waals surface area contributed by atoms with Crippen LogP contribution < -0.4 is 0 Å². The fourth-order valence-electron chi connectivity index (χ4n) is 5.12. The predicted octanol–water partition coefficient (Wildman–Crippen LogP) is 5.86. The van der Waals surface area contributed by atoms with Crippen LogP contribution >= 0.6 is 0 Å². The van der Waals surface area contributed by atoms with E-state index in [4.69, 9.17) is 4.74 Å². The van der Waals surface area contributed by atoms with Gasteiger partial charge in [0.1, 0.15) is 17.2 Å². The summed E-state index contributed by atoms with van der Waals surface area (Å²) in [5.74, 6) is 1.84. The number of rotatable bonds is 5. The van der Waals surface area contributed by atoms with Crippen molar-refractivity contribution in [2.75, 3.05) is 13.1 Å². The molecule has 2 aliphatic heterocycles. The van der Waals surface area contributed by atoms with Crippen molar-refractivity contribution in [1.82, 2.24) is 29.7 Å². The van der Waals surface area contributed by atoms with Gasteiger partial charge in [0.25, 0.3) is 0 Å². The molecule has 4 heterocycles. The summed E-state index contributed by atoms with van der Waals surface area (Å²) in [5, 5.41) is 0. The van der Waals surface area contributed by atoms with Gasteiger partial charge < -0.3 is 14.7 Å². The lowest BCUT2D eigenvalue weighted by Crippen LogP contribution is -2.36. The molecule has 2 N–H and O–H groups in total. The lowest BCUT2D eigenvalue weighted by molar-refractivity contribution is 0.0218. The predicted molar refractivity (Wildman–Crippen MR) is 135 cm³/mol. The standard InChI is InChI=1S/C27H35N6O2/c1-5-32-14-6-8-22(32)24-28-16-20(30-24)18-10-12-19(13-11-18)21-17-29-25(31-21)23-9-7-15-33(23)26(34)35-27(2,3)4/h5,10-13,16-17,22-23H,6-9,14-15H2,1-4H3,(H,28,30)(H,29,31). The van der Waals surface area contributed by atoms with E-state index in [0.29, 0.717) is 12.6 Å². The van der Waals surface area contributed by atoms with Gasteiger partial charge in [0.2, 0.25) is 0 Å². The Balaban J connectivity index is 1.29. The Morgan fingerprint density at radius 1 is 0.943 bits per heavy atom. The molecule has 2 fully saturated rings. The molecule has 0 aliphatic carbocycles. The second-order valence-corrected chi connectivity index (χ2v) is 10.4. The molecular weight excluding hydrogens is 440 g/mol. The Morgan fingerprint density at radius 2 is 1.49 bits per heavy atom. The number of likely N-dealkylation sites (tertiary alicyclic amines) is 2. The van der Waals surface area contributed by atoms with Crippen LogP contribution in [0.1, 0.15) is 77.1 Å². The number of benzene rings is 1. The fourth-order valence-corrected chi connectivity index (χ4v) is 5.12. The fraction of sp³-hybridized carbons (Fsp3) is 0.481. The number of carbonyl (C=O) groups excluding carboxylic acids is 1. The molecule has 1 amide bonds. The highest BCUT2D eigenvalue weighted by molar-refractivity contribution is 5.69. The number of amides is 1. The Hall–Kier alpha value is -3.13. The third-order valence-electron chi connectivity index (χ3n) is 6.84. The number of nitrogens with one attached hydrogen (secondary N) is 2. The molecule has 2 atom stereocenters. The van der Waals surface area contributed by atoms with Crippen LogP contribution in [0.2, 0.25) is 0 Å². The van der Waals surface area contributed by atoms with Gasteiger partial charge in [-0.25, -0.2) is 14.8 Å².